The summed E-state index contributed by atoms with van der Waals surface area (Å²) >= 11 is 0. The number of benzene rings is 1. The zero-order chi connectivity index (χ0) is 12.7. The normalized spacial score (nSPS) is 11.2. The monoisotopic (exact) mass is 245 g/mol. The first kappa shape index (κ1) is 13.5. The molecule has 1 aromatic rings. The standard InChI is InChI=1S/C12H14F3NO/c13-12(14,15)8-4-7-11(17)9-16-10-5-2-1-3-6-10/h1-3,5-6,16H,4,7-9H2. The lowest BCUT2D eigenvalue weighted by atomic mass is 10.1. The molecule has 0 saturated heterocycles. The maximum absolute atomic E-state index is 11.8. The van der Waals surface area contributed by atoms with E-state index in [9.17, 15) is 18.0 Å². The summed E-state index contributed by atoms with van der Waals surface area (Å²) in [5.41, 5.74) is 0.789. The van der Waals surface area contributed by atoms with Crippen LogP contribution in [0.5, 0.6) is 0 Å². The first-order valence-corrected chi connectivity index (χ1v) is 5.35. The van der Waals surface area contributed by atoms with Crippen molar-refractivity contribution in [3.05, 3.63) is 30.3 Å². The minimum atomic E-state index is -4.17. The third-order valence-corrected chi connectivity index (χ3v) is 2.18. The molecule has 1 aromatic carbocycles. The molecular weight excluding hydrogens is 231 g/mol. The highest BCUT2D eigenvalue weighted by molar-refractivity contribution is 5.82. The van der Waals surface area contributed by atoms with Gasteiger partial charge in [-0.25, -0.2) is 0 Å². The summed E-state index contributed by atoms with van der Waals surface area (Å²) in [7, 11) is 0. The minimum Gasteiger partial charge on any atom is -0.378 e. The Hall–Kier alpha value is -1.52. The summed E-state index contributed by atoms with van der Waals surface area (Å²) in [6.45, 7) is 0.0713. The van der Waals surface area contributed by atoms with Gasteiger partial charge in [0.15, 0.2) is 5.78 Å². The number of carbonyl (C=O) groups is 1. The number of carbonyl (C=O) groups excluding carboxylic acids is 1. The van der Waals surface area contributed by atoms with Crippen LogP contribution in [0.15, 0.2) is 30.3 Å². The molecule has 0 saturated carbocycles. The zero-order valence-corrected chi connectivity index (χ0v) is 9.26. The van der Waals surface area contributed by atoms with E-state index < -0.39 is 12.6 Å². The molecule has 0 unspecified atom stereocenters. The van der Waals surface area contributed by atoms with Gasteiger partial charge >= 0.3 is 6.18 Å². The predicted molar refractivity (Wildman–Crippen MR) is 59.8 cm³/mol. The third kappa shape index (κ3) is 6.60. The average Bonchev–Trinajstić information content (AvgIpc) is 2.26. The van der Waals surface area contributed by atoms with Crippen molar-refractivity contribution in [1.82, 2.24) is 0 Å². The Morgan fingerprint density at radius 3 is 2.41 bits per heavy atom. The highest BCUT2D eigenvalue weighted by Gasteiger charge is 2.26. The van der Waals surface area contributed by atoms with E-state index in [1.54, 1.807) is 12.1 Å². The molecule has 5 heteroatoms. The van der Waals surface area contributed by atoms with Crippen molar-refractivity contribution < 1.29 is 18.0 Å². The van der Waals surface area contributed by atoms with Crippen LogP contribution in [-0.2, 0) is 4.79 Å². The molecule has 0 amide bonds. The number of hydrogen-bond donors (Lipinski definition) is 1. The van der Waals surface area contributed by atoms with Crippen LogP contribution in [0.25, 0.3) is 0 Å². The molecular formula is C12H14F3NO. The summed E-state index contributed by atoms with van der Waals surface area (Å²) < 4.78 is 35.5. The van der Waals surface area contributed by atoms with E-state index in [0.29, 0.717) is 0 Å². The van der Waals surface area contributed by atoms with Gasteiger partial charge in [-0.3, -0.25) is 4.79 Å². The van der Waals surface area contributed by atoms with Crippen LogP contribution in [0.4, 0.5) is 18.9 Å². The molecule has 94 valence electrons. The molecule has 0 atom stereocenters. The Morgan fingerprint density at radius 1 is 1.18 bits per heavy atom. The molecule has 0 heterocycles. The summed E-state index contributed by atoms with van der Waals surface area (Å²) in [5.74, 6) is -0.210. The van der Waals surface area contributed by atoms with Crippen molar-refractivity contribution in [3.63, 3.8) is 0 Å². The molecule has 0 aliphatic heterocycles. The van der Waals surface area contributed by atoms with Gasteiger partial charge in [0, 0.05) is 18.5 Å². The fraction of sp³-hybridized carbons (Fsp3) is 0.417. The number of alkyl halides is 3. The number of nitrogens with one attached hydrogen (secondary N) is 1. The highest BCUT2D eigenvalue weighted by Crippen LogP contribution is 2.22. The lowest BCUT2D eigenvalue weighted by Gasteiger charge is -2.07. The second kappa shape index (κ2) is 6.27. The van der Waals surface area contributed by atoms with Crippen LogP contribution in [-0.4, -0.2) is 18.5 Å². The number of para-hydroxylation sites is 1. The van der Waals surface area contributed by atoms with Gasteiger partial charge in [-0.1, -0.05) is 18.2 Å². The van der Waals surface area contributed by atoms with E-state index >= 15 is 0 Å². The number of rotatable bonds is 6. The minimum absolute atomic E-state index is 0.0423. The smallest absolute Gasteiger partial charge is 0.378 e. The highest BCUT2D eigenvalue weighted by atomic mass is 19.4. The third-order valence-electron chi connectivity index (χ3n) is 2.18. The molecule has 0 bridgehead atoms. The van der Waals surface area contributed by atoms with Crippen molar-refractivity contribution in [2.45, 2.75) is 25.4 Å². The molecule has 1 rings (SSSR count). The van der Waals surface area contributed by atoms with Crippen molar-refractivity contribution in [3.8, 4) is 0 Å². The summed E-state index contributed by atoms with van der Waals surface area (Å²) in [5, 5.41) is 2.86. The van der Waals surface area contributed by atoms with Crippen LogP contribution in [0, 0.1) is 0 Å². The van der Waals surface area contributed by atoms with Crippen LogP contribution in [0.1, 0.15) is 19.3 Å². The van der Waals surface area contributed by atoms with E-state index in [-0.39, 0.29) is 25.2 Å². The zero-order valence-electron chi connectivity index (χ0n) is 9.26. The van der Waals surface area contributed by atoms with Crippen LogP contribution in [0.2, 0.25) is 0 Å². The number of halogens is 3. The van der Waals surface area contributed by atoms with Gasteiger partial charge in [-0.2, -0.15) is 13.2 Å². The molecule has 0 aliphatic rings. The fourth-order valence-electron chi connectivity index (χ4n) is 1.33. The molecule has 1 N–H and O–H groups in total. The topological polar surface area (TPSA) is 29.1 Å². The van der Waals surface area contributed by atoms with Gasteiger partial charge in [0.05, 0.1) is 6.54 Å². The van der Waals surface area contributed by atoms with Crippen molar-refractivity contribution in [2.24, 2.45) is 0 Å². The van der Waals surface area contributed by atoms with E-state index in [4.69, 9.17) is 0 Å². The Bertz CT molecular complexity index is 349. The molecule has 0 fully saturated rings. The summed E-state index contributed by atoms with van der Waals surface area (Å²) in [4.78, 5) is 11.3. The van der Waals surface area contributed by atoms with Gasteiger partial charge in [-0.05, 0) is 18.6 Å². The van der Waals surface area contributed by atoms with Crippen molar-refractivity contribution in [2.75, 3.05) is 11.9 Å². The number of Topliss-reactive ketones (excluding diaryl/α,β-unsaturated/α-hetero) is 1. The molecule has 2 nitrogen and oxygen atoms in total. The van der Waals surface area contributed by atoms with Crippen molar-refractivity contribution >= 4 is 11.5 Å². The Balaban J connectivity index is 2.18. The average molecular weight is 245 g/mol. The van der Waals surface area contributed by atoms with E-state index in [0.717, 1.165) is 5.69 Å². The van der Waals surface area contributed by atoms with Gasteiger partial charge in [-0.15, -0.1) is 0 Å². The Labute approximate surface area is 97.8 Å². The lowest BCUT2D eigenvalue weighted by molar-refractivity contribution is -0.136. The van der Waals surface area contributed by atoms with Gasteiger partial charge < -0.3 is 5.32 Å². The predicted octanol–water partition coefficient (Wildman–Crippen LogP) is 3.40. The molecule has 0 spiro atoms. The molecule has 17 heavy (non-hydrogen) atoms. The van der Waals surface area contributed by atoms with Gasteiger partial charge in [0.2, 0.25) is 0 Å². The first-order valence-electron chi connectivity index (χ1n) is 5.35. The second-order valence-electron chi connectivity index (χ2n) is 3.73. The van der Waals surface area contributed by atoms with E-state index in [2.05, 4.69) is 5.32 Å². The van der Waals surface area contributed by atoms with Gasteiger partial charge in [0.1, 0.15) is 0 Å². The molecule has 0 aromatic heterocycles. The Morgan fingerprint density at radius 2 is 1.82 bits per heavy atom. The van der Waals surface area contributed by atoms with Crippen LogP contribution in [0.3, 0.4) is 0 Å². The van der Waals surface area contributed by atoms with E-state index in [1.165, 1.54) is 0 Å². The second-order valence-corrected chi connectivity index (χ2v) is 3.73. The Kier molecular flexibility index (Phi) is 5.00. The quantitative estimate of drug-likeness (QED) is 0.832. The van der Waals surface area contributed by atoms with Crippen LogP contribution >= 0.6 is 0 Å². The first-order chi connectivity index (χ1) is 7.97. The molecule has 0 radical (unpaired) electrons. The maximum Gasteiger partial charge on any atom is 0.389 e. The van der Waals surface area contributed by atoms with Crippen LogP contribution < -0.4 is 5.32 Å². The van der Waals surface area contributed by atoms with Gasteiger partial charge in [0.25, 0.3) is 0 Å². The number of anilines is 1. The largest absolute Gasteiger partial charge is 0.389 e. The lowest BCUT2D eigenvalue weighted by Crippen LogP contribution is -2.15. The van der Waals surface area contributed by atoms with E-state index in [1.807, 2.05) is 18.2 Å². The maximum atomic E-state index is 11.8. The fourth-order valence-corrected chi connectivity index (χ4v) is 1.33. The number of hydrogen-bond acceptors (Lipinski definition) is 2. The van der Waals surface area contributed by atoms with Crippen molar-refractivity contribution in [1.29, 1.82) is 0 Å². The summed E-state index contributed by atoms with van der Waals surface area (Å²) in [6.07, 6.45) is -5.25. The summed E-state index contributed by atoms with van der Waals surface area (Å²) in [6, 6.07) is 9.06. The SMILES string of the molecule is O=C(CCCC(F)(F)F)CNc1ccccc1. The number of ketones is 1. The molecule has 0 aliphatic carbocycles.